The number of nitrogens with one attached hydrogen (secondary N) is 2. The van der Waals surface area contributed by atoms with E-state index in [1.165, 1.54) is 0 Å². The lowest BCUT2D eigenvalue weighted by Gasteiger charge is -2.23. The van der Waals surface area contributed by atoms with Crippen molar-refractivity contribution in [1.82, 2.24) is 10.7 Å². The van der Waals surface area contributed by atoms with Gasteiger partial charge in [-0.05, 0) is 17.9 Å². The van der Waals surface area contributed by atoms with Crippen LogP contribution in [0.25, 0.3) is 0 Å². The van der Waals surface area contributed by atoms with Gasteiger partial charge < -0.3 is 11.1 Å². The van der Waals surface area contributed by atoms with Crippen LogP contribution in [-0.4, -0.2) is 23.8 Å². The Morgan fingerprint density at radius 1 is 1.09 bits per heavy atom. The predicted octanol–water partition coefficient (Wildman–Crippen LogP) is -0.539. The summed E-state index contributed by atoms with van der Waals surface area (Å²) in [4.78, 5) is 35.5. The van der Waals surface area contributed by atoms with Crippen LogP contribution in [0.2, 0.25) is 0 Å². The Morgan fingerprint density at radius 3 is 2.14 bits per heavy atom. The predicted molar refractivity (Wildman–Crippen MR) is 81.9 cm³/mol. The van der Waals surface area contributed by atoms with Gasteiger partial charge in [0.25, 0.3) is 5.91 Å². The Labute approximate surface area is 129 Å². The molecule has 6 N–H and O–H groups in total. The van der Waals surface area contributed by atoms with Crippen LogP contribution in [-0.2, 0) is 20.8 Å². The minimum Gasteiger partial charge on any atom is -0.369 e. The molecule has 0 aromatic heterocycles. The molecule has 0 spiro atoms. The number of amides is 3. The van der Waals surface area contributed by atoms with Gasteiger partial charge in [0.05, 0.1) is 0 Å². The zero-order chi connectivity index (χ0) is 16.7. The molecule has 0 aliphatic carbocycles. The number of carbonyl (C=O) groups is 3. The molecule has 7 nitrogen and oxygen atoms in total. The van der Waals surface area contributed by atoms with Crippen LogP contribution in [0.5, 0.6) is 0 Å². The molecular weight excluding hydrogens is 284 g/mol. The maximum Gasteiger partial charge on any atom is 0.256 e. The summed E-state index contributed by atoms with van der Waals surface area (Å²) in [6.45, 7) is 3.52. The maximum absolute atomic E-state index is 12.3. The average molecular weight is 306 g/mol. The first kappa shape index (κ1) is 17.6. The lowest BCUT2D eigenvalue weighted by atomic mass is 9.96. The highest BCUT2D eigenvalue weighted by molar-refractivity contribution is 6.01. The van der Waals surface area contributed by atoms with Crippen LogP contribution < -0.4 is 22.3 Å². The van der Waals surface area contributed by atoms with E-state index in [1.54, 1.807) is 26.0 Å². The summed E-state index contributed by atoms with van der Waals surface area (Å²) in [7, 11) is 0. The van der Waals surface area contributed by atoms with Gasteiger partial charge in [-0.25, -0.2) is 5.84 Å². The van der Waals surface area contributed by atoms with Gasteiger partial charge in [-0.2, -0.15) is 0 Å². The van der Waals surface area contributed by atoms with Crippen molar-refractivity contribution in [1.29, 1.82) is 0 Å². The smallest absolute Gasteiger partial charge is 0.256 e. The Bertz CT molecular complexity index is 531. The lowest BCUT2D eigenvalue weighted by Crippen LogP contribution is -2.54. The summed E-state index contributed by atoms with van der Waals surface area (Å²) in [5, 5.41) is 2.54. The fourth-order valence-corrected chi connectivity index (χ4v) is 2.05. The van der Waals surface area contributed by atoms with E-state index in [2.05, 4.69) is 5.32 Å². The number of nitrogens with two attached hydrogens (primary N) is 2. The van der Waals surface area contributed by atoms with Crippen molar-refractivity contribution in [2.24, 2.45) is 23.4 Å². The second-order valence-electron chi connectivity index (χ2n) is 5.38. The fourth-order valence-electron chi connectivity index (χ4n) is 2.05. The van der Waals surface area contributed by atoms with E-state index in [4.69, 9.17) is 11.6 Å². The van der Waals surface area contributed by atoms with Crippen molar-refractivity contribution >= 4 is 17.7 Å². The van der Waals surface area contributed by atoms with Gasteiger partial charge in [-0.3, -0.25) is 19.8 Å². The molecule has 2 atom stereocenters. The van der Waals surface area contributed by atoms with E-state index < -0.39 is 29.7 Å². The quantitative estimate of drug-likeness (QED) is 0.233. The number of hydrazine groups is 1. The van der Waals surface area contributed by atoms with Gasteiger partial charge in [0, 0.05) is 0 Å². The minimum atomic E-state index is -1.05. The van der Waals surface area contributed by atoms with Crippen molar-refractivity contribution < 1.29 is 14.4 Å². The number of rotatable bonds is 7. The van der Waals surface area contributed by atoms with Gasteiger partial charge in [0.1, 0.15) is 12.0 Å². The molecular formula is C15H22N4O3. The summed E-state index contributed by atoms with van der Waals surface area (Å²) in [5.41, 5.74) is 8.13. The molecule has 1 rings (SSSR count). The Morgan fingerprint density at radius 2 is 1.68 bits per heavy atom. The highest BCUT2D eigenvalue weighted by Crippen LogP contribution is 2.10. The molecule has 1 aromatic rings. The molecule has 22 heavy (non-hydrogen) atoms. The minimum absolute atomic E-state index is 0.178. The van der Waals surface area contributed by atoms with Gasteiger partial charge in [0.2, 0.25) is 11.8 Å². The Hall–Kier alpha value is -2.41. The maximum atomic E-state index is 12.3. The standard InChI is InChI=1S/C15H22N4O3/c1-9(2)12(15(22)19-17)18-14(21)11(13(16)20)8-10-6-4-3-5-7-10/h3-7,9,11-12H,8,17H2,1-2H3,(H2,16,20)(H,18,21)(H,19,22)/t11?,12-/m0/s1. The highest BCUT2D eigenvalue weighted by Gasteiger charge is 2.30. The largest absolute Gasteiger partial charge is 0.369 e. The van der Waals surface area contributed by atoms with Crippen molar-refractivity contribution in [2.45, 2.75) is 26.3 Å². The van der Waals surface area contributed by atoms with Crippen LogP contribution in [0, 0.1) is 11.8 Å². The van der Waals surface area contributed by atoms with E-state index >= 15 is 0 Å². The van der Waals surface area contributed by atoms with Crippen LogP contribution in [0.15, 0.2) is 30.3 Å². The second kappa shape index (κ2) is 8.14. The van der Waals surface area contributed by atoms with Crippen molar-refractivity contribution in [2.75, 3.05) is 0 Å². The van der Waals surface area contributed by atoms with Gasteiger partial charge in [0.15, 0.2) is 0 Å². The van der Waals surface area contributed by atoms with E-state index in [0.717, 1.165) is 5.56 Å². The molecule has 0 aliphatic heterocycles. The summed E-state index contributed by atoms with van der Waals surface area (Å²) in [5.74, 6) is 2.03. The number of hydrogen-bond acceptors (Lipinski definition) is 4. The molecule has 0 heterocycles. The van der Waals surface area contributed by atoms with E-state index in [-0.39, 0.29) is 12.3 Å². The molecule has 0 radical (unpaired) electrons. The third kappa shape index (κ3) is 4.85. The van der Waals surface area contributed by atoms with Crippen LogP contribution in [0.3, 0.4) is 0 Å². The van der Waals surface area contributed by atoms with E-state index in [9.17, 15) is 14.4 Å². The van der Waals surface area contributed by atoms with Crippen molar-refractivity contribution in [3.05, 3.63) is 35.9 Å². The number of primary amides is 1. The van der Waals surface area contributed by atoms with Crippen LogP contribution in [0.4, 0.5) is 0 Å². The second-order valence-corrected chi connectivity index (χ2v) is 5.38. The third-order valence-electron chi connectivity index (χ3n) is 3.33. The monoisotopic (exact) mass is 306 g/mol. The first-order valence-corrected chi connectivity index (χ1v) is 7.00. The highest BCUT2D eigenvalue weighted by atomic mass is 16.2. The molecule has 0 saturated heterocycles. The molecule has 7 heteroatoms. The zero-order valence-electron chi connectivity index (χ0n) is 12.7. The van der Waals surface area contributed by atoms with Crippen LogP contribution >= 0.6 is 0 Å². The SMILES string of the molecule is CC(C)[C@H](NC(=O)C(Cc1ccccc1)C(N)=O)C(=O)NN. The first-order chi connectivity index (χ1) is 10.4. The number of benzene rings is 1. The fraction of sp³-hybridized carbons (Fsp3) is 0.400. The normalized spacial score (nSPS) is 13.3. The molecule has 0 fully saturated rings. The van der Waals surface area contributed by atoms with Crippen molar-refractivity contribution in [3.8, 4) is 0 Å². The van der Waals surface area contributed by atoms with Gasteiger partial charge in [-0.15, -0.1) is 0 Å². The summed E-state index contributed by atoms with van der Waals surface area (Å²) in [6.07, 6.45) is 0.178. The molecule has 1 aromatic carbocycles. The van der Waals surface area contributed by atoms with E-state index in [0.29, 0.717) is 0 Å². The third-order valence-corrected chi connectivity index (χ3v) is 3.33. The van der Waals surface area contributed by atoms with E-state index in [1.807, 2.05) is 23.6 Å². The molecule has 120 valence electrons. The molecule has 0 bridgehead atoms. The van der Waals surface area contributed by atoms with Gasteiger partial charge in [-0.1, -0.05) is 44.2 Å². The molecule has 0 aliphatic rings. The number of hydrogen-bond donors (Lipinski definition) is 4. The average Bonchev–Trinajstić information content (AvgIpc) is 2.49. The Balaban J connectivity index is 2.85. The first-order valence-electron chi connectivity index (χ1n) is 7.00. The topological polar surface area (TPSA) is 127 Å². The summed E-state index contributed by atoms with van der Waals surface area (Å²) >= 11 is 0. The number of carbonyl (C=O) groups excluding carboxylic acids is 3. The molecule has 3 amide bonds. The molecule has 0 saturated carbocycles. The van der Waals surface area contributed by atoms with Gasteiger partial charge >= 0.3 is 0 Å². The zero-order valence-corrected chi connectivity index (χ0v) is 12.7. The molecule has 1 unspecified atom stereocenters. The Kier molecular flexibility index (Phi) is 6.52. The van der Waals surface area contributed by atoms with Crippen LogP contribution in [0.1, 0.15) is 19.4 Å². The summed E-state index contributed by atoms with van der Waals surface area (Å²) in [6, 6.07) is 8.23. The van der Waals surface area contributed by atoms with Crippen molar-refractivity contribution in [3.63, 3.8) is 0 Å². The summed E-state index contributed by atoms with van der Waals surface area (Å²) < 4.78 is 0. The lowest BCUT2D eigenvalue weighted by molar-refractivity contribution is -0.137.